The van der Waals surface area contributed by atoms with E-state index in [4.69, 9.17) is 11.6 Å². The molecule has 0 aliphatic heterocycles. The molecule has 1 aliphatic carbocycles. The van der Waals surface area contributed by atoms with E-state index in [1.807, 2.05) is 0 Å². The second kappa shape index (κ2) is 6.22. The summed E-state index contributed by atoms with van der Waals surface area (Å²) in [5, 5.41) is 10.0. The van der Waals surface area contributed by atoms with Crippen molar-refractivity contribution in [3.8, 4) is 0 Å². The van der Waals surface area contributed by atoms with Crippen LogP contribution in [0.5, 0.6) is 0 Å². The van der Waals surface area contributed by atoms with Crippen LogP contribution in [0.25, 0.3) is 0 Å². The summed E-state index contributed by atoms with van der Waals surface area (Å²) in [7, 11) is -3.66. The Bertz CT molecular complexity index is 560. The van der Waals surface area contributed by atoms with Gasteiger partial charge in [0.25, 0.3) is 10.0 Å². The van der Waals surface area contributed by atoms with Gasteiger partial charge in [-0.2, -0.15) is 0 Å². The Morgan fingerprint density at radius 1 is 1.55 bits per heavy atom. The van der Waals surface area contributed by atoms with Crippen LogP contribution < -0.4 is 4.72 Å². The third-order valence-electron chi connectivity index (χ3n) is 3.77. The van der Waals surface area contributed by atoms with Crippen molar-refractivity contribution in [3.63, 3.8) is 0 Å². The molecule has 8 heteroatoms. The molecule has 0 unspecified atom stereocenters. The number of sulfonamides is 1. The third kappa shape index (κ3) is 3.56. The van der Waals surface area contributed by atoms with Crippen molar-refractivity contribution in [1.29, 1.82) is 0 Å². The molecule has 1 fully saturated rings. The van der Waals surface area contributed by atoms with E-state index in [9.17, 15) is 13.5 Å². The standard InChI is InChI=1S/C12H17BrClNO3S2/c1-8-2-4-12(7-16,5-3-8)15-20(17,18)10-6-9(14)11(13)19-10/h6,8,15-16H,2-5,7H2,1H3. The molecular formula is C12H17BrClNO3S2. The molecule has 1 heterocycles. The van der Waals surface area contributed by atoms with Crippen LogP contribution in [0.4, 0.5) is 0 Å². The SMILES string of the molecule is CC1CCC(CO)(NS(=O)(=O)c2cc(Cl)c(Br)s2)CC1. The van der Waals surface area contributed by atoms with Gasteiger partial charge in [0, 0.05) is 0 Å². The fraction of sp³-hybridized carbons (Fsp3) is 0.667. The minimum atomic E-state index is -3.66. The van der Waals surface area contributed by atoms with Gasteiger partial charge in [-0.05, 0) is 53.6 Å². The number of nitrogens with one attached hydrogen (secondary N) is 1. The van der Waals surface area contributed by atoms with Crippen molar-refractivity contribution in [2.75, 3.05) is 6.61 Å². The first kappa shape index (κ1) is 16.7. The third-order valence-corrected chi connectivity index (χ3v) is 8.30. The van der Waals surface area contributed by atoms with Crippen LogP contribution in [-0.4, -0.2) is 25.7 Å². The van der Waals surface area contributed by atoms with E-state index in [0.29, 0.717) is 27.6 Å². The summed E-state index contributed by atoms with van der Waals surface area (Å²) in [6, 6.07) is 1.43. The van der Waals surface area contributed by atoms with Crippen molar-refractivity contribution in [3.05, 3.63) is 14.9 Å². The number of hydrogen-bond donors (Lipinski definition) is 2. The molecule has 0 radical (unpaired) electrons. The first-order chi connectivity index (χ1) is 9.28. The zero-order chi connectivity index (χ0) is 15.0. The van der Waals surface area contributed by atoms with E-state index < -0.39 is 15.6 Å². The first-order valence-corrected chi connectivity index (χ1v) is 9.85. The molecule has 0 amide bonds. The molecule has 0 saturated heterocycles. The van der Waals surface area contributed by atoms with Crippen LogP contribution in [0.2, 0.25) is 5.02 Å². The molecule has 114 valence electrons. The number of aliphatic hydroxyl groups is 1. The summed E-state index contributed by atoms with van der Waals surface area (Å²) in [6.45, 7) is 1.96. The van der Waals surface area contributed by atoms with Crippen LogP contribution >= 0.6 is 38.9 Å². The van der Waals surface area contributed by atoms with E-state index in [2.05, 4.69) is 27.6 Å². The Morgan fingerprint density at radius 2 is 2.15 bits per heavy atom. The van der Waals surface area contributed by atoms with Crippen molar-refractivity contribution in [2.45, 2.75) is 42.4 Å². The number of aliphatic hydroxyl groups excluding tert-OH is 1. The summed E-state index contributed by atoms with van der Waals surface area (Å²) < 4.78 is 28.3. The van der Waals surface area contributed by atoms with Gasteiger partial charge in [0.05, 0.1) is 21.0 Å². The van der Waals surface area contributed by atoms with Crippen LogP contribution in [0.1, 0.15) is 32.6 Å². The molecule has 1 aromatic heterocycles. The maximum atomic E-state index is 12.4. The van der Waals surface area contributed by atoms with E-state index in [1.54, 1.807) is 0 Å². The average Bonchev–Trinajstić information content (AvgIpc) is 2.74. The summed E-state index contributed by atoms with van der Waals surface area (Å²) in [6.07, 6.45) is 3.14. The lowest BCUT2D eigenvalue weighted by Crippen LogP contribution is -2.53. The van der Waals surface area contributed by atoms with E-state index in [-0.39, 0.29) is 10.8 Å². The van der Waals surface area contributed by atoms with Crippen LogP contribution in [0.15, 0.2) is 14.1 Å². The molecule has 1 aromatic rings. The molecule has 1 saturated carbocycles. The molecule has 4 nitrogen and oxygen atoms in total. The highest BCUT2D eigenvalue weighted by atomic mass is 79.9. The van der Waals surface area contributed by atoms with E-state index in [0.717, 1.165) is 24.2 Å². The monoisotopic (exact) mass is 401 g/mol. The Morgan fingerprint density at radius 3 is 2.60 bits per heavy atom. The van der Waals surface area contributed by atoms with Gasteiger partial charge in [-0.1, -0.05) is 18.5 Å². The highest BCUT2D eigenvalue weighted by molar-refractivity contribution is 9.11. The first-order valence-electron chi connectivity index (χ1n) is 6.38. The zero-order valence-corrected chi connectivity index (χ0v) is 15.0. The second-order valence-corrected chi connectivity index (χ2v) is 10.1. The topological polar surface area (TPSA) is 66.4 Å². The Labute approximate surface area is 136 Å². The van der Waals surface area contributed by atoms with Gasteiger partial charge in [-0.3, -0.25) is 0 Å². The molecule has 0 bridgehead atoms. The second-order valence-electron chi connectivity index (χ2n) is 5.41. The largest absolute Gasteiger partial charge is 0.394 e. The molecule has 0 atom stereocenters. The summed E-state index contributed by atoms with van der Waals surface area (Å²) >= 11 is 10.2. The lowest BCUT2D eigenvalue weighted by atomic mass is 9.78. The lowest BCUT2D eigenvalue weighted by Gasteiger charge is -2.38. The van der Waals surface area contributed by atoms with Crippen molar-refractivity contribution in [2.24, 2.45) is 5.92 Å². The van der Waals surface area contributed by atoms with Gasteiger partial charge in [-0.15, -0.1) is 11.3 Å². The molecule has 0 aromatic carbocycles. The number of rotatable bonds is 4. The smallest absolute Gasteiger partial charge is 0.250 e. The van der Waals surface area contributed by atoms with Crippen LogP contribution in [0.3, 0.4) is 0 Å². The fourth-order valence-electron chi connectivity index (χ4n) is 2.40. The highest BCUT2D eigenvalue weighted by Crippen LogP contribution is 2.37. The quantitative estimate of drug-likeness (QED) is 0.811. The number of halogens is 2. The maximum absolute atomic E-state index is 12.4. The van der Waals surface area contributed by atoms with Gasteiger partial charge in [0.15, 0.2) is 0 Å². The fourth-order valence-corrected chi connectivity index (χ4v) is 6.25. The lowest BCUT2D eigenvalue weighted by molar-refractivity contribution is 0.125. The minimum absolute atomic E-state index is 0.167. The molecule has 0 spiro atoms. The normalized spacial score (nSPS) is 27.7. The van der Waals surface area contributed by atoms with Gasteiger partial charge in [0.1, 0.15) is 4.21 Å². The van der Waals surface area contributed by atoms with Crippen molar-refractivity contribution < 1.29 is 13.5 Å². The number of thiophene rings is 1. The van der Waals surface area contributed by atoms with Crippen LogP contribution in [0, 0.1) is 5.92 Å². The summed E-state index contributed by atoms with van der Waals surface area (Å²) in [5.74, 6) is 0.574. The van der Waals surface area contributed by atoms with Crippen molar-refractivity contribution in [1.82, 2.24) is 4.72 Å². The maximum Gasteiger partial charge on any atom is 0.250 e. The predicted molar refractivity (Wildman–Crippen MR) is 84.8 cm³/mol. The zero-order valence-electron chi connectivity index (χ0n) is 11.0. The summed E-state index contributed by atoms with van der Waals surface area (Å²) in [5.41, 5.74) is -0.742. The van der Waals surface area contributed by atoms with E-state index >= 15 is 0 Å². The Balaban J connectivity index is 2.22. The number of hydrogen-bond acceptors (Lipinski definition) is 4. The molecule has 1 aliphatic rings. The predicted octanol–water partition coefficient (Wildman–Crippen LogP) is 3.38. The molecule has 20 heavy (non-hydrogen) atoms. The highest BCUT2D eigenvalue weighted by Gasteiger charge is 2.38. The van der Waals surface area contributed by atoms with Gasteiger partial charge in [-0.25, -0.2) is 13.1 Å². The summed E-state index contributed by atoms with van der Waals surface area (Å²) in [4.78, 5) is 0. The minimum Gasteiger partial charge on any atom is -0.394 e. The van der Waals surface area contributed by atoms with Gasteiger partial charge < -0.3 is 5.11 Å². The van der Waals surface area contributed by atoms with E-state index in [1.165, 1.54) is 6.07 Å². The van der Waals surface area contributed by atoms with Gasteiger partial charge >= 0.3 is 0 Å². The van der Waals surface area contributed by atoms with Crippen LogP contribution in [-0.2, 0) is 10.0 Å². The van der Waals surface area contributed by atoms with Crippen molar-refractivity contribution >= 4 is 48.9 Å². The molecular weight excluding hydrogens is 386 g/mol. The van der Waals surface area contributed by atoms with Gasteiger partial charge in [0.2, 0.25) is 0 Å². The molecule has 2 rings (SSSR count). The Kier molecular flexibility index (Phi) is 5.20. The Hall–Kier alpha value is 0.340. The average molecular weight is 403 g/mol. The molecule has 2 N–H and O–H groups in total.